The lowest BCUT2D eigenvalue weighted by Crippen LogP contribution is -2.56. The van der Waals surface area contributed by atoms with Gasteiger partial charge in [-0.05, 0) is 43.0 Å². The molecule has 0 bridgehead atoms. The number of nitrogens with one attached hydrogen (secondary N) is 2. The van der Waals surface area contributed by atoms with E-state index in [-0.39, 0.29) is 24.7 Å². The van der Waals surface area contributed by atoms with Crippen molar-refractivity contribution in [2.75, 3.05) is 13.1 Å². The van der Waals surface area contributed by atoms with E-state index in [9.17, 15) is 9.59 Å². The number of carbonyl (C=O) groups is 2. The van der Waals surface area contributed by atoms with Crippen molar-refractivity contribution in [3.05, 3.63) is 29.6 Å². The lowest BCUT2D eigenvalue weighted by Gasteiger charge is -2.42. The van der Waals surface area contributed by atoms with Crippen molar-refractivity contribution in [2.45, 2.75) is 51.7 Å². The van der Waals surface area contributed by atoms with Gasteiger partial charge in [0.2, 0.25) is 0 Å². The van der Waals surface area contributed by atoms with Crippen molar-refractivity contribution in [1.82, 2.24) is 20.5 Å². The molecule has 0 radical (unpaired) electrons. The molecule has 1 fully saturated rings. The zero-order chi connectivity index (χ0) is 17.5. The molecule has 24 heavy (non-hydrogen) atoms. The molecule has 1 aromatic heterocycles. The quantitative estimate of drug-likeness (QED) is 0.668. The Kier molecular flexibility index (Phi) is 6.54. The van der Waals surface area contributed by atoms with Crippen molar-refractivity contribution >= 4 is 12.0 Å². The monoisotopic (exact) mass is 334 g/mol. The van der Waals surface area contributed by atoms with Crippen LogP contribution in [0.2, 0.25) is 0 Å². The summed E-state index contributed by atoms with van der Waals surface area (Å²) in [4.78, 5) is 28.8. The van der Waals surface area contributed by atoms with Crippen LogP contribution in [0.5, 0.6) is 0 Å². The van der Waals surface area contributed by atoms with Crippen LogP contribution < -0.4 is 10.6 Å². The summed E-state index contributed by atoms with van der Waals surface area (Å²) in [7, 11) is 0. The Balaban J connectivity index is 1.72. The van der Waals surface area contributed by atoms with E-state index in [0.29, 0.717) is 13.1 Å². The Morgan fingerprint density at radius 1 is 1.33 bits per heavy atom. The van der Waals surface area contributed by atoms with Gasteiger partial charge in [0, 0.05) is 31.0 Å². The van der Waals surface area contributed by atoms with E-state index in [4.69, 9.17) is 5.11 Å². The van der Waals surface area contributed by atoms with Crippen LogP contribution in [-0.2, 0) is 17.8 Å². The smallest absolute Gasteiger partial charge is 0.317 e. The number of carboxylic acids is 1. The third-order valence-corrected chi connectivity index (χ3v) is 4.53. The number of carboxylic acid groups (broad SMARTS) is 1. The highest BCUT2D eigenvalue weighted by Crippen LogP contribution is 2.25. The minimum absolute atomic E-state index is 0.0575. The second-order valence-corrected chi connectivity index (χ2v) is 6.10. The molecular weight excluding hydrogens is 308 g/mol. The van der Waals surface area contributed by atoms with Crippen LogP contribution >= 0.6 is 0 Å². The number of pyridine rings is 1. The van der Waals surface area contributed by atoms with E-state index in [1.807, 2.05) is 24.1 Å². The van der Waals surface area contributed by atoms with E-state index in [0.717, 1.165) is 30.4 Å². The average Bonchev–Trinajstić information content (AvgIpc) is 2.54. The van der Waals surface area contributed by atoms with E-state index < -0.39 is 5.97 Å². The lowest BCUT2D eigenvalue weighted by atomic mass is 9.85. The van der Waals surface area contributed by atoms with Crippen LogP contribution in [0.4, 0.5) is 4.79 Å². The summed E-state index contributed by atoms with van der Waals surface area (Å²) in [5.74, 6) is -0.810. The number of aryl methyl sites for hydroxylation is 1. The fourth-order valence-electron chi connectivity index (χ4n) is 3.04. The predicted octanol–water partition coefficient (Wildman–Crippen LogP) is 1.38. The number of aromatic nitrogens is 1. The molecule has 7 heteroatoms. The second-order valence-electron chi connectivity index (χ2n) is 6.10. The standard InChI is InChI=1S/C17H26N4O3/c1-3-12-9-18-6-5-13(12)10-19-17(24)20-14-7-15(8-14)21(4-2)11-16(22)23/h5-6,9,14-15H,3-4,7-8,10-11H2,1-2H3,(H,22,23)(H2,19,20,24). The van der Waals surface area contributed by atoms with Gasteiger partial charge in [-0.2, -0.15) is 0 Å². The molecule has 0 saturated heterocycles. The van der Waals surface area contributed by atoms with Crippen molar-refractivity contribution in [3.63, 3.8) is 0 Å². The van der Waals surface area contributed by atoms with Crippen molar-refractivity contribution in [2.24, 2.45) is 0 Å². The summed E-state index contributed by atoms with van der Waals surface area (Å²) >= 11 is 0. The Morgan fingerprint density at radius 2 is 2.08 bits per heavy atom. The molecule has 0 aromatic carbocycles. The third kappa shape index (κ3) is 4.92. The topological polar surface area (TPSA) is 94.6 Å². The largest absolute Gasteiger partial charge is 0.480 e. The van der Waals surface area contributed by atoms with Crippen LogP contribution in [0, 0.1) is 0 Å². The average molecular weight is 334 g/mol. The molecule has 0 unspecified atom stereocenters. The van der Waals surface area contributed by atoms with Crippen LogP contribution in [0.1, 0.15) is 37.8 Å². The Hall–Kier alpha value is -2.15. The van der Waals surface area contributed by atoms with Gasteiger partial charge in [-0.1, -0.05) is 13.8 Å². The number of nitrogens with zero attached hydrogens (tertiary/aromatic N) is 2. The van der Waals surface area contributed by atoms with E-state index in [2.05, 4.69) is 22.5 Å². The number of amides is 2. The molecule has 7 nitrogen and oxygen atoms in total. The Morgan fingerprint density at radius 3 is 2.71 bits per heavy atom. The highest BCUT2D eigenvalue weighted by Gasteiger charge is 2.34. The molecule has 1 saturated carbocycles. The summed E-state index contributed by atoms with van der Waals surface area (Å²) in [6.45, 7) is 5.26. The number of hydrogen-bond acceptors (Lipinski definition) is 4. The van der Waals surface area contributed by atoms with Gasteiger partial charge in [0.05, 0.1) is 6.54 Å². The van der Waals surface area contributed by atoms with Crippen LogP contribution in [-0.4, -0.2) is 52.2 Å². The first-order valence-electron chi connectivity index (χ1n) is 8.45. The second kappa shape index (κ2) is 8.63. The van der Waals surface area contributed by atoms with Gasteiger partial charge < -0.3 is 15.7 Å². The zero-order valence-corrected chi connectivity index (χ0v) is 14.3. The molecule has 0 aliphatic heterocycles. The molecule has 132 valence electrons. The molecule has 1 heterocycles. The summed E-state index contributed by atoms with van der Waals surface area (Å²) in [5, 5.41) is 14.7. The molecule has 3 N–H and O–H groups in total. The molecule has 1 aliphatic rings. The maximum Gasteiger partial charge on any atom is 0.317 e. The van der Waals surface area contributed by atoms with Crippen molar-refractivity contribution in [1.29, 1.82) is 0 Å². The van der Waals surface area contributed by atoms with Crippen LogP contribution in [0.15, 0.2) is 18.5 Å². The zero-order valence-electron chi connectivity index (χ0n) is 14.3. The van der Waals surface area contributed by atoms with Crippen molar-refractivity contribution < 1.29 is 14.7 Å². The number of rotatable bonds is 8. The SMILES string of the molecule is CCc1cnccc1CNC(=O)NC1CC(N(CC)CC(=O)O)C1. The van der Waals surface area contributed by atoms with E-state index in [1.165, 1.54) is 0 Å². The highest BCUT2D eigenvalue weighted by atomic mass is 16.4. The molecule has 1 aromatic rings. The Bertz CT molecular complexity index is 573. The number of carbonyl (C=O) groups excluding carboxylic acids is 1. The number of hydrogen-bond donors (Lipinski definition) is 3. The van der Waals surface area contributed by atoms with Crippen LogP contribution in [0.3, 0.4) is 0 Å². The first kappa shape index (κ1) is 18.2. The molecular formula is C17H26N4O3. The van der Waals surface area contributed by atoms with Crippen molar-refractivity contribution in [3.8, 4) is 0 Å². The first-order valence-corrected chi connectivity index (χ1v) is 8.45. The molecule has 1 aliphatic carbocycles. The molecule has 0 atom stereocenters. The van der Waals surface area contributed by atoms with Gasteiger partial charge in [-0.15, -0.1) is 0 Å². The van der Waals surface area contributed by atoms with Gasteiger partial charge >= 0.3 is 12.0 Å². The van der Waals surface area contributed by atoms with Gasteiger partial charge in [0.15, 0.2) is 0 Å². The minimum atomic E-state index is -0.810. The number of likely N-dealkylation sites (N-methyl/N-ethyl adjacent to an activating group) is 1. The minimum Gasteiger partial charge on any atom is -0.480 e. The van der Waals surface area contributed by atoms with E-state index >= 15 is 0 Å². The number of urea groups is 1. The van der Waals surface area contributed by atoms with E-state index in [1.54, 1.807) is 6.20 Å². The summed E-state index contributed by atoms with van der Waals surface area (Å²) in [6.07, 6.45) is 6.03. The summed E-state index contributed by atoms with van der Waals surface area (Å²) < 4.78 is 0. The summed E-state index contributed by atoms with van der Waals surface area (Å²) in [6, 6.07) is 2.09. The molecule has 2 rings (SSSR count). The third-order valence-electron chi connectivity index (χ3n) is 4.53. The first-order chi connectivity index (χ1) is 11.5. The highest BCUT2D eigenvalue weighted by molar-refractivity contribution is 5.74. The number of aliphatic carboxylic acids is 1. The van der Waals surface area contributed by atoms with Gasteiger partial charge in [-0.3, -0.25) is 14.7 Å². The maximum absolute atomic E-state index is 12.0. The summed E-state index contributed by atoms with van der Waals surface area (Å²) in [5.41, 5.74) is 2.21. The fraction of sp³-hybridized carbons (Fsp3) is 0.588. The maximum atomic E-state index is 12.0. The fourth-order valence-corrected chi connectivity index (χ4v) is 3.04. The predicted molar refractivity (Wildman–Crippen MR) is 90.7 cm³/mol. The molecule has 0 spiro atoms. The van der Waals surface area contributed by atoms with Crippen LogP contribution in [0.25, 0.3) is 0 Å². The normalized spacial score (nSPS) is 19.6. The Labute approximate surface area is 142 Å². The van der Waals surface area contributed by atoms with Gasteiger partial charge in [-0.25, -0.2) is 4.79 Å². The molecule has 2 amide bonds. The van der Waals surface area contributed by atoms with Gasteiger partial charge in [0.25, 0.3) is 0 Å². The lowest BCUT2D eigenvalue weighted by molar-refractivity contribution is -0.139. The van der Waals surface area contributed by atoms with Gasteiger partial charge in [0.1, 0.15) is 0 Å².